The smallest absolute Gasteiger partial charge is 0.260 e. The van der Waals surface area contributed by atoms with Crippen LogP contribution in [0.3, 0.4) is 0 Å². The van der Waals surface area contributed by atoms with E-state index >= 15 is 0 Å². The molecule has 1 amide bonds. The van der Waals surface area contributed by atoms with Gasteiger partial charge in [-0.2, -0.15) is 0 Å². The summed E-state index contributed by atoms with van der Waals surface area (Å²) in [7, 11) is -3.47. The maximum Gasteiger partial charge on any atom is 0.260 e. The third-order valence-corrected chi connectivity index (χ3v) is 7.24. The number of nitrogens with zero attached hydrogens (tertiary/aromatic N) is 1. The molecule has 0 saturated carbocycles. The highest BCUT2D eigenvalue weighted by Gasteiger charge is 2.37. The number of carbonyl (C=O) groups excluding carboxylic acids is 1. The molecule has 1 aromatic rings. The molecule has 2 heterocycles. The van der Waals surface area contributed by atoms with E-state index in [4.69, 9.17) is 14.2 Å². The molecule has 0 aliphatic carbocycles. The van der Waals surface area contributed by atoms with Crippen molar-refractivity contribution in [1.29, 1.82) is 0 Å². The number of nitrogens with one attached hydrogen (secondary N) is 1. The van der Waals surface area contributed by atoms with Crippen LogP contribution in [0.1, 0.15) is 26.7 Å². The van der Waals surface area contributed by atoms with Crippen molar-refractivity contribution in [3.8, 4) is 17.2 Å². The Labute approximate surface area is 197 Å². The summed E-state index contributed by atoms with van der Waals surface area (Å²) in [5.41, 5.74) is 0. The number of sulfonamides is 1. The molecule has 1 fully saturated rings. The Kier molecular flexibility index (Phi) is 6.90. The summed E-state index contributed by atoms with van der Waals surface area (Å²) >= 11 is 4.33. The number of rotatable bonds is 6. The van der Waals surface area contributed by atoms with Crippen LogP contribution in [0.15, 0.2) is 18.1 Å². The molecular weight excluding hydrogens is 626 g/mol. The Morgan fingerprint density at radius 1 is 1.31 bits per heavy atom. The lowest BCUT2D eigenvalue weighted by Crippen LogP contribution is -2.47. The fourth-order valence-corrected chi connectivity index (χ4v) is 5.92. The Balaban J connectivity index is 1.60. The number of halogens is 2. The molecule has 29 heavy (non-hydrogen) atoms. The zero-order valence-corrected chi connectivity index (χ0v) is 21.2. The summed E-state index contributed by atoms with van der Waals surface area (Å²) in [6.07, 6.45) is 1.08. The molecule has 1 N–H and O–H groups in total. The first-order valence-corrected chi connectivity index (χ1v) is 12.7. The SMILES string of the molecule is C=CS(=O)(=O)NC1CCN(C(=O)COc2c(I)cc(I)c3c2OC(C)(C)O3)CC1. The lowest BCUT2D eigenvalue weighted by atomic mass is 10.1. The monoisotopic (exact) mass is 648 g/mol. The van der Waals surface area contributed by atoms with Gasteiger partial charge in [0, 0.05) is 38.4 Å². The highest BCUT2D eigenvalue weighted by atomic mass is 127. The molecule has 2 aliphatic heterocycles. The van der Waals surface area contributed by atoms with E-state index < -0.39 is 15.8 Å². The topological polar surface area (TPSA) is 94.2 Å². The summed E-state index contributed by atoms with van der Waals surface area (Å²) in [5.74, 6) is 0.672. The molecule has 1 saturated heterocycles. The van der Waals surface area contributed by atoms with Crippen LogP contribution in [-0.2, 0) is 14.8 Å². The lowest BCUT2D eigenvalue weighted by molar-refractivity contribution is -0.134. The lowest BCUT2D eigenvalue weighted by Gasteiger charge is -2.32. The number of benzene rings is 1. The van der Waals surface area contributed by atoms with Crippen molar-refractivity contribution in [3.05, 3.63) is 25.2 Å². The fraction of sp³-hybridized carbons (Fsp3) is 0.500. The molecule has 0 atom stereocenters. The van der Waals surface area contributed by atoms with Crippen molar-refractivity contribution in [1.82, 2.24) is 9.62 Å². The van der Waals surface area contributed by atoms with E-state index in [0.717, 1.165) is 12.5 Å². The van der Waals surface area contributed by atoms with Crippen molar-refractivity contribution in [2.45, 2.75) is 38.5 Å². The largest absolute Gasteiger partial charge is 0.479 e. The molecule has 160 valence electrons. The molecule has 0 spiro atoms. The summed E-state index contributed by atoms with van der Waals surface area (Å²) in [4.78, 5) is 14.3. The minimum atomic E-state index is -3.47. The molecule has 3 rings (SSSR count). The maximum atomic E-state index is 12.6. The normalized spacial score (nSPS) is 18.6. The molecule has 0 aromatic heterocycles. The summed E-state index contributed by atoms with van der Waals surface area (Å²) < 4.78 is 45.0. The second kappa shape index (κ2) is 8.75. The molecule has 0 radical (unpaired) electrons. The number of ether oxygens (including phenoxy) is 3. The number of hydrogen-bond donors (Lipinski definition) is 1. The zero-order chi connectivity index (χ0) is 21.4. The third-order valence-electron chi connectivity index (χ3n) is 4.53. The van der Waals surface area contributed by atoms with Gasteiger partial charge in [-0.3, -0.25) is 4.79 Å². The zero-order valence-electron chi connectivity index (χ0n) is 16.0. The van der Waals surface area contributed by atoms with Gasteiger partial charge in [0.15, 0.2) is 18.1 Å². The van der Waals surface area contributed by atoms with Gasteiger partial charge >= 0.3 is 0 Å². The van der Waals surface area contributed by atoms with Crippen LogP contribution in [0.5, 0.6) is 17.2 Å². The number of hydrogen-bond acceptors (Lipinski definition) is 6. The van der Waals surface area contributed by atoms with Crippen LogP contribution < -0.4 is 18.9 Å². The number of carbonyl (C=O) groups is 1. The molecule has 1 aromatic carbocycles. The van der Waals surface area contributed by atoms with Crippen molar-refractivity contribution in [2.75, 3.05) is 19.7 Å². The van der Waals surface area contributed by atoms with Crippen LogP contribution in [0, 0.1) is 7.14 Å². The van der Waals surface area contributed by atoms with E-state index in [-0.39, 0.29) is 18.6 Å². The number of piperidine rings is 1. The van der Waals surface area contributed by atoms with Gasteiger partial charge in [0.25, 0.3) is 5.91 Å². The number of amides is 1. The highest BCUT2D eigenvalue weighted by Crippen LogP contribution is 2.50. The van der Waals surface area contributed by atoms with Crippen LogP contribution in [0.25, 0.3) is 0 Å². The molecule has 2 aliphatic rings. The third kappa shape index (κ3) is 5.47. The number of fused-ring (bicyclic) bond motifs is 1. The second-order valence-corrected chi connectivity index (χ2v) is 11.2. The van der Waals surface area contributed by atoms with Crippen molar-refractivity contribution < 1.29 is 27.4 Å². The quantitative estimate of drug-likeness (QED) is 0.478. The predicted molar refractivity (Wildman–Crippen MR) is 125 cm³/mol. The molecule has 0 unspecified atom stereocenters. The number of likely N-dealkylation sites (tertiary alicyclic amines) is 1. The average molecular weight is 648 g/mol. The second-order valence-electron chi connectivity index (χ2n) is 7.20. The maximum absolute atomic E-state index is 12.6. The molecule has 8 nitrogen and oxygen atoms in total. The van der Waals surface area contributed by atoms with Crippen LogP contribution >= 0.6 is 45.2 Å². The van der Waals surface area contributed by atoms with E-state index in [9.17, 15) is 13.2 Å². The highest BCUT2D eigenvalue weighted by molar-refractivity contribution is 14.1. The van der Waals surface area contributed by atoms with E-state index in [1.165, 1.54) is 0 Å². The fourth-order valence-electron chi connectivity index (χ4n) is 3.15. The van der Waals surface area contributed by atoms with Gasteiger partial charge in [-0.05, 0) is 64.1 Å². The van der Waals surface area contributed by atoms with Crippen molar-refractivity contribution >= 4 is 61.1 Å². The minimum Gasteiger partial charge on any atom is -0.479 e. The van der Waals surface area contributed by atoms with Crippen LogP contribution in [0.4, 0.5) is 0 Å². The summed E-state index contributed by atoms with van der Waals surface area (Å²) in [5, 5.41) is 0.895. The van der Waals surface area contributed by atoms with Gasteiger partial charge in [0.05, 0.1) is 7.14 Å². The first-order valence-electron chi connectivity index (χ1n) is 8.96. The summed E-state index contributed by atoms with van der Waals surface area (Å²) in [6, 6.07) is 1.72. The van der Waals surface area contributed by atoms with Gasteiger partial charge in [-0.15, -0.1) is 0 Å². The van der Waals surface area contributed by atoms with Crippen molar-refractivity contribution in [2.24, 2.45) is 0 Å². The first kappa shape index (κ1) is 22.9. The van der Waals surface area contributed by atoms with Gasteiger partial charge in [0.1, 0.15) is 0 Å². The Bertz CT molecular complexity index is 927. The van der Waals surface area contributed by atoms with E-state index in [2.05, 4.69) is 56.5 Å². The Hall–Kier alpha value is -0.800. The van der Waals surface area contributed by atoms with E-state index in [1.54, 1.807) is 4.90 Å². The molecule has 0 bridgehead atoms. The Morgan fingerprint density at radius 3 is 2.55 bits per heavy atom. The molecule has 11 heteroatoms. The Morgan fingerprint density at radius 2 is 1.93 bits per heavy atom. The van der Waals surface area contributed by atoms with E-state index in [0.29, 0.717) is 43.2 Å². The van der Waals surface area contributed by atoms with Crippen LogP contribution in [-0.4, -0.2) is 50.8 Å². The predicted octanol–water partition coefficient (Wildman–Crippen LogP) is 2.84. The van der Waals surface area contributed by atoms with Crippen molar-refractivity contribution in [3.63, 3.8) is 0 Å². The van der Waals surface area contributed by atoms with Crippen LogP contribution in [0.2, 0.25) is 0 Å². The van der Waals surface area contributed by atoms with E-state index in [1.807, 2.05) is 19.9 Å². The standard InChI is InChI=1S/C18H22I2N2O6S/c1-4-29(24,25)21-11-5-7-22(8-6-11)14(23)10-26-15-12(19)9-13(20)16-17(15)28-18(2,3)27-16/h4,9,11,21H,1,5-8,10H2,2-3H3. The van der Waals surface area contributed by atoms with Gasteiger partial charge in [-0.1, -0.05) is 6.58 Å². The average Bonchev–Trinajstić information content (AvgIpc) is 2.97. The van der Waals surface area contributed by atoms with Gasteiger partial charge in [-0.25, -0.2) is 13.1 Å². The molecular formula is C18H22I2N2O6S. The summed E-state index contributed by atoms with van der Waals surface area (Å²) in [6.45, 7) is 7.71. The minimum absolute atomic E-state index is 0.129. The van der Waals surface area contributed by atoms with Gasteiger partial charge in [0.2, 0.25) is 21.6 Å². The van der Waals surface area contributed by atoms with Gasteiger partial charge < -0.3 is 19.1 Å². The first-order chi connectivity index (χ1) is 13.5.